The van der Waals surface area contributed by atoms with E-state index in [4.69, 9.17) is 10.5 Å². The molecule has 25 heavy (non-hydrogen) atoms. The van der Waals surface area contributed by atoms with Gasteiger partial charge in [-0.05, 0) is 38.3 Å². The Labute approximate surface area is 142 Å². The Morgan fingerprint density at radius 3 is 2.80 bits per heavy atom. The third-order valence-corrected chi connectivity index (χ3v) is 4.23. The minimum Gasteiger partial charge on any atom is -0.461 e. The van der Waals surface area contributed by atoms with E-state index in [2.05, 4.69) is 5.10 Å². The average Bonchev–Trinajstić information content (AvgIpc) is 2.95. The van der Waals surface area contributed by atoms with Gasteiger partial charge in [-0.3, -0.25) is 0 Å². The van der Waals surface area contributed by atoms with Gasteiger partial charge in [0.2, 0.25) is 0 Å². The molecule has 0 saturated carbocycles. The molecule has 1 atom stereocenters. The number of fused-ring (bicyclic) bond motifs is 1. The van der Waals surface area contributed by atoms with E-state index >= 15 is 0 Å². The first-order chi connectivity index (χ1) is 11.8. The normalized spacial score (nSPS) is 17.2. The second kappa shape index (κ2) is 6.51. The van der Waals surface area contributed by atoms with Crippen molar-refractivity contribution in [1.29, 1.82) is 0 Å². The zero-order valence-electron chi connectivity index (χ0n) is 13.6. The van der Waals surface area contributed by atoms with E-state index in [0.717, 1.165) is 12.5 Å². The van der Waals surface area contributed by atoms with Gasteiger partial charge in [0.25, 0.3) is 0 Å². The number of alkyl halides is 3. The van der Waals surface area contributed by atoms with Gasteiger partial charge in [-0.15, -0.1) is 0 Å². The molecule has 8 heteroatoms. The summed E-state index contributed by atoms with van der Waals surface area (Å²) in [6.07, 6.45) is -2.67. The fourth-order valence-electron chi connectivity index (χ4n) is 3.18. The number of nitrogens with two attached hydrogens (primary N) is 1. The molecule has 1 aromatic carbocycles. The minimum atomic E-state index is -4.53. The van der Waals surface area contributed by atoms with Crippen molar-refractivity contribution in [3.8, 4) is 5.69 Å². The zero-order chi connectivity index (χ0) is 18.2. The molecule has 0 spiro atoms. The molecule has 1 aliphatic carbocycles. The van der Waals surface area contributed by atoms with Gasteiger partial charge in [0.1, 0.15) is 0 Å². The van der Waals surface area contributed by atoms with Gasteiger partial charge in [0, 0.05) is 17.3 Å². The highest BCUT2D eigenvalue weighted by molar-refractivity contribution is 5.89. The predicted molar refractivity (Wildman–Crippen MR) is 84.4 cm³/mol. The molecule has 1 heterocycles. The molecule has 2 N–H and O–H groups in total. The van der Waals surface area contributed by atoms with Crippen molar-refractivity contribution in [1.82, 2.24) is 9.78 Å². The molecule has 3 rings (SSSR count). The van der Waals surface area contributed by atoms with Crippen LogP contribution in [0.1, 0.15) is 53.1 Å². The van der Waals surface area contributed by atoms with E-state index in [1.807, 2.05) is 0 Å². The maximum Gasteiger partial charge on any atom is 0.418 e. The van der Waals surface area contributed by atoms with Crippen LogP contribution in [-0.4, -0.2) is 22.4 Å². The molecule has 1 aliphatic rings. The van der Waals surface area contributed by atoms with Crippen LogP contribution in [0.4, 0.5) is 13.2 Å². The maximum absolute atomic E-state index is 13.4. The lowest BCUT2D eigenvalue weighted by atomic mass is 9.91. The van der Waals surface area contributed by atoms with Gasteiger partial charge in [-0.25, -0.2) is 9.48 Å². The van der Waals surface area contributed by atoms with E-state index in [0.29, 0.717) is 24.1 Å². The van der Waals surface area contributed by atoms with Crippen LogP contribution in [0.3, 0.4) is 0 Å². The van der Waals surface area contributed by atoms with Crippen LogP contribution in [0.25, 0.3) is 5.69 Å². The topological polar surface area (TPSA) is 70.1 Å². The Morgan fingerprint density at radius 2 is 2.12 bits per heavy atom. The van der Waals surface area contributed by atoms with Gasteiger partial charge < -0.3 is 10.5 Å². The standard InChI is InChI=1S/C17H18F3N3O2/c1-2-25-16(24)15-14-11(21)7-5-9-13(14)23(22-15)12-8-4-3-6-10(12)17(18,19)20/h3-4,6,8,11H,2,5,7,9,21H2,1H3. The second-order valence-corrected chi connectivity index (χ2v) is 5.85. The van der Waals surface area contributed by atoms with Crippen LogP contribution in [0.15, 0.2) is 24.3 Å². The van der Waals surface area contributed by atoms with Crippen molar-refractivity contribution in [2.24, 2.45) is 5.73 Å². The Hall–Kier alpha value is -2.35. The van der Waals surface area contributed by atoms with E-state index < -0.39 is 23.8 Å². The third-order valence-electron chi connectivity index (χ3n) is 4.23. The number of carbonyl (C=O) groups is 1. The summed E-state index contributed by atoms with van der Waals surface area (Å²) in [6, 6.07) is 4.71. The number of hydrogen-bond acceptors (Lipinski definition) is 4. The molecule has 0 saturated heterocycles. The third kappa shape index (κ3) is 3.13. The van der Waals surface area contributed by atoms with Crippen molar-refractivity contribution in [2.75, 3.05) is 6.61 Å². The first-order valence-electron chi connectivity index (χ1n) is 8.05. The number of halogens is 3. The molecule has 134 valence electrons. The van der Waals surface area contributed by atoms with E-state index in [9.17, 15) is 18.0 Å². The van der Waals surface area contributed by atoms with E-state index in [1.54, 1.807) is 6.92 Å². The highest BCUT2D eigenvalue weighted by Gasteiger charge is 2.36. The molecule has 1 unspecified atom stereocenters. The molecule has 0 amide bonds. The monoisotopic (exact) mass is 353 g/mol. The molecule has 0 fully saturated rings. The Kier molecular flexibility index (Phi) is 4.55. The summed E-state index contributed by atoms with van der Waals surface area (Å²) in [5.74, 6) is -0.667. The van der Waals surface area contributed by atoms with Crippen molar-refractivity contribution >= 4 is 5.97 Å². The Bertz CT molecular complexity index is 799. The summed E-state index contributed by atoms with van der Waals surface area (Å²) >= 11 is 0. The average molecular weight is 353 g/mol. The van der Waals surface area contributed by atoms with Crippen molar-refractivity contribution in [3.63, 3.8) is 0 Å². The largest absolute Gasteiger partial charge is 0.461 e. The van der Waals surface area contributed by atoms with Crippen LogP contribution in [-0.2, 0) is 17.3 Å². The number of aromatic nitrogens is 2. The number of nitrogens with zero attached hydrogens (tertiary/aromatic N) is 2. The lowest BCUT2D eigenvalue weighted by Gasteiger charge is -2.21. The predicted octanol–water partition coefficient (Wildman–Crippen LogP) is 3.40. The van der Waals surface area contributed by atoms with Gasteiger partial charge >= 0.3 is 12.1 Å². The number of hydrogen-bond donors (Lipinski definition) is 1. The summed E-state index contributed by atoms with van der Waals surface area (Å²) in [5.41, 5.74) is 6.22. The number of esters is 1. The Balaban J connectivity index is 2.22. The molecule has 1 aromatic heterocycles. The summed E-state index contributed by atoms with van der Waals surface area (Å²) in [4.78, 5) is 12.2. The highest BCUT2D eigenvalue weighted by atomic mass is 19.4. The fraction of sp³-hybridized carbons (Fsp3) is 0.412. The van der Waals surface area contributed by atoms with Crippen LogP contribution in [0, 0.1) is 0 Å². The lowest BCUT2D eigenvalue weighted by Crippen LogP contribution is -2.21. The smallest absolute Gasteiger partial charge is 0.418 e. The Morgan fingerprint density at radius 1 is 1.40 bits per heavy atom. The van der Waals surface area contributed by atoms with Gasteiger partial charge in [-0.1, -0.05) is 12.1 Å². The van der Waals surface area contributed by atoms with Crippen LogP contribution in [0.5, 0.6) is 0 Å². The van der Waals surface area contributed by atoms with E-state index in [1.165, 1.54) is 22.9 Å². The van der Waals surface area contributed by atoms with Crippen molar-refractivity contribution < 1.29 is 22.7 Å². The summed E-state index contributed by atoms with van der Waals surface area (Å²) in [5, 5.41) is 4.17. The number of carbonyl (C=O) groups excluding carboxylic acids is 1. The van der Waals surface area contributed by atoms with Crippen LogP contribution in [0.2, 0.25) is 0 Å². The molecule has 2 aromatic rings. The SMILES string of the molecule is CCOC(=O)c1nn(-c2ccccc2C(F)(F)F)c2c1C(N)CCC2. The maximum atomic E-state index is 13.4. The van der Waals surface area contributed by atoms with Crippen LogP contribution >= 0.6 is 0 Å². The quantitative estimate of drug-likeness (QED) is 0.859. The van der Waals surface area contributed by atoms with Gasteiger partial charge in [0.15, 0.2) is 5.69 Å². The molecular formula is C17H18F3N3O2. The first-order valence-corrected chi connectivity index (χ1v) is 8.05. The number of benzene rings is 1. The summed E-state index contributed by atoms with van der Waals surface area (Å²) < 4.78 is 46.3. The molecule has 0 aliphatic heterocycles. The highest BCUT2D eigenvalue weighted by Crippen LogP contribution is 2.37. The number of para-hydroxylation sites is 1. The fourth-order valence-corrected chi connectivity index (χ4v) is 3.18. The zero-order valence-corrected chi connectivity index (χ0v) is 13.6. The van der Waals surface area contributed by atoms with Crippen molar-refractivity contribution in [3.05, 3.63) is 46.8 Å². The lowest BCUT2D eigenvalue weighted by molar-refractivity contribution is -0.137. The number of rotatable bonds is 3. The minimum absolute atomic E-state index is 0.000951. The molecule has 0 radical (unpaired) electrons. The molecular weight excluding hydrogens is 335 g/mol. The summed E-state index contributed by atoms with van der Waals surface area (Å²) in [6.45, 7) is 1.80. The van der Waals surface area contributed by atoms with Gasteiger partial charge in [-0.2, -0.15) is 18.3 Å². The second-order valence-electron chi connectivity index (χ2n) is 5.85. The molecule has 0 bridgehead atoms. The summed E-state index contributed by atoms with van der Waals surface area (Å²) in [7, 11) is 0. The van der Waals surface area contributed by atoms with Crippen LogP contribution < -0.4 is 5.73 Å². The number of ether oxygens (including phenoxy) is 1. The first kappa shape index (κ1) is 17.5. The van der Waals surface area contributed by atoms with Gasteiger partial charge in [0.05, 0.1) is 17.9 Å². The van der Waals surface area contributed by atoms with Crippen molar-refractivity contribution in [2.45, 2.75) is 38.4 Å². The molecule has 5 nitrogen and oxygen atoms in total. The van der Waals surface area contributed by atoms with E-state index in [-0.39, 0.29) is 18.0 Å².